The molecule has 0 heterocycles. The molecule has 0 saturated heterocycles. The lowest BCUT2D eigenvalue weighted by atomic mass is 10.0. The van der Waals surface area contributed by atoms with E-state index in [1.807, 2.05) is 55.5 Å². The lowest BCUT2D eigenvalue weighted by Gasteiger charge is -2.18. The average molecular weight is 326 g/mol. The van der Waals surface area contributed by atoms with Crippen LogP contribution in [0.15, 0.2) is 48.5 Å². The number of hydrogen-bond acceptors (Lipinski definition) is 3. The van der Waals surface area contributed by atoms with Crippen molar-refractivity contribution in [1.29, 1.82) is 0 Å². The number of hydrogen-bond donors (Lipinski definition) is 2. The van der Waals surface area contributed by atoms with Gasteiger partial charge in [-0.25, -0.2) is 0 Å². The highest BCUT2D eigenvalue weighted by atomic mass is 16.5. The van der Waals surface area contributed by atoms with E-state index in [4.69, 9.17) is 4.74 Å². The van der Waals surface area contributed by atoms with Crippen LogP contribution in [-0.4, -0.2) is 18.9 Å². The fourth-order valence-electron chi connectivity index (χ4n) is 2.37. The molecule has 2 rings (SSSR count). The van der Waals surface area contributed by atoms with Crippen molar-refractivity contribution in [3.63, 3.8) is 0 Å². The van der Waals surface area contributed by atoms with Crippen LogP contribution in [0.4, 0.5) is 5.69 Å². The minimum atomic E-state index is -0.390. The van der Waals surface area contributed by atoms with Gasteiger partial charge in [0.05, 0.1) is 19.6 Å². The van der Waals surface area contributed by atoms with Crippen LogP contribution in [0.5, 0.6) is 5.75 Å². The second kappa shape index (κ2) is 8.15. The fourth-order valence-corrected chi connectivity index (χ4v) is 2.37. The first-order valence-corrected chi connectivity index (χ1v) is 7.75. The number of ether oxygens (including phenoxy) is 1. The summed E-state index contributed by atoms with van der Waals surface area (Å²) in [4.78, 5) is 23.8. The summed E-state index contributed by atoms with van der Waals surface area (Å²) < 4.78 is 5.13. The summed E-state index contributed by atoms with van der Waals surface area (Å²) in [5.74, 6) is 0.386. The molecule has 0 spiro atoms. The Hall–Kier alpha value is -2.82. The number of methoxy groups -OCH3 is 1. The summed E-state index contributed by atoms with van der Waals surface area (Å²) in [7, 11) is 1.59. The van der Waals surface area contributed by atoms with Crippen LogP contribution >= 0.6 is 0 Å². The maximum atomic E-state index is 12.3. The number of amides is 2. The minimum absolute atomic E-state index is 0.153. The van der Waals surface area contributed by atoms with Gasteiger partial charge in [0, 0.05) is 12.6 Å². The second-order valence-electron chi connectivity index (χ2n) is 5.64. The van der Waals surface area contributed by atoms with E-state index in [1.165, 1.54) is 6.92 Å². The van der Waals surface area contributed by atoms with E-state index in [0.717, 1.165) is 22.6 Å². The van der Waals surface area contributed by atoms with Gasteiger partial charge < -0.3 is 15.4 Å². The van der Waals surface area contributed by atoms with Gasteiger partial charge in [0.1, 0.15) is 5.75 Å². The summed E-state index contributed by atoms with van der Waals surface area (Å²) in [6.07, 6.45) is 0.153. The molecule has 24 heavy (non-hydrogen) atoms. The van der Waals surface area contributed by atoms with Gasteiger partial charge in [-0.2, -0.15) is 0 Å². The summed E-state index contributed by atoms with van der Waals surface area (Å²) in [6, 6.07) is 14.5. The smallest absolute Gasteiger partial charge is 0.226 e. The number of benzene rings is 2. The average Bonchev–Trinajstić information content (AvgIpc) is 2.56. The summed E-state index contributed by atoms with van der Waals surface area (Å²) in [5, 5.41) is 5.67. The van der Waals surface area contributed by atoms with Gasteiger partial charge in [-0.3, -0.25) is 9.59 Å². The third-order valence-corrected chi connectivity index (χ3v) is 3.62. The number of carbonyl (C=O) groups is 2. The van der Waals surface area contributed by atoms with Gasteiger partial charge in [0.2, 0.25) is 11.8 Å². The molecule has 2 N–H and O–H groups in total. The Morgan fingerprint density at radius 1 is 1.04 bits per heavy atom. The largest absolute Gasteiger partial charge is 0.497 e. The Morgan fingerprint density at radius 3 is 2.21 bits per heavy atom. The first kappa shape index (κ1) is 17.5. The van der Waals surface area contributed by atoms with Crippen molar-refractivity contribution in [3.8, 4) is 5.75 Å². The molecule has 2 aromatic carbocycles. The first-order chi connectivity index (χ1) is 11.5. The minimum Gasteiger partial charge on any atom is -0.497 e. The van der Waals surface area contributed by atoms with Gasteiger partial charge in [0.15, 0.2) is 0 Å². The molecule has 0 aliphatic heterocycles. The van der Waals surface area contributed by atoms with E-state index in [0.29, 0.717) is 0 Å². The quantitative estimate of drug-likeness (QED) is 0.856. The van der Waals surface area contributed by atoms with Crippen LogP contribution in [0.1, 0.15) is 30.5 Å². The molecule has 5 heteroatoms. The highest BCUT2D eigenvalue weighted by Crippen LogP contribution is 2.21. The van der Waals surface area contributed by atoms with E-state index >= 15 is 0 Å². The maximum absolute atomic E-state index is 12.3. The molecule has 0 aliphatic carbocycles. The topological polar surface area (TPSA) is 67.4 Å². The summed E-state index contributed by atoms with van der Waals surface area (Å²) >= 11 is 0. The number of anilines is 1. The fraction of sp³-hybridized carbons (Fsp3) is 0.263. The van der Waals surface area contributed by atoms with Crippen LogP contribution in [0.25, 0.3) is 0 Å². The van der Waals surface area contributed by atoms with Gasteiger partial charge in [-0.05, 0) is 36.8 Å². The second-order valence-corrected chi connectivity index (χ2v) is 5.64. The van der Waals surface area contributed by atoms with Crippen molar-refractivity contribution in [3.05, 3.63) is 59.7 Å². The van der Waals surface area contributed by atoms with Crippen molar-refractivity contribution in [2.75, 3.05) is 12.4 Å². The van der Waals surface area contributed by atoms with Gasteiger partial charge in [0.25, 0.3) is 0 Å². The third-order valence-electron chi connectivity index (χ3n) is 3.62. The first-order valence-electron chi connectivity index (χ1n) is 7.75. The monoisotopic (exact) mass is 326 g/mol. The molecule has 0 bridgehead atoms. The van der Waals surface area contributed by atoms with Crippen LogP contribution in [-0.2, 0) is 9.59 Å². The highest BCUT2D eigenvalue weighted by Gasteiger charge is 2.17. The van der Waals surface area contributed by atoms with E-state index in [2.05, 4.69) is 10.6 Å². The molecule has 1 unspecified atom stereocenters. The lowest BCUT2D eigenvalue weighted by molar-refractivity contribution is -0.120. The molecule has 1 atom stereocenters. The molecule has 0 saturated carbocycles. The van der Waals surface area contributed by atoms with Crippen molar-refractivity contribution in [2.24, 2.45) is 0 Å². The number of carbonyl (C=O) groups excluding carboxylic acids is 2. The number of nitrogens with one attached hydrogen (secondary N) is 2. The standard InChI is InChI=1S/C19H22N2O3/c1-13-4-8-16(9-5-13)21-19(23)12-18(20-14(2)22)15-6-10-17(24-3)11-7-15/h4-11,18H,12H2,1-3H3,(H,20,22)(H,21,23). The van der Waals surface area contributed by atoms with Gasteiger partial charge in [-0.1, -0.05) is 29.8 Å². The van der Waals surface area contributed by atoms with E-state index < -0.39 is 0 Å². The zero-order chi connectivity index (χ0) is 17.5. The highest BCUT2D eigenvalue weighted by molar-refractivity contribution is 5.91. The van der Waals surface area contributed by atoms with Crippen LogP contribution < -0.4 is 15.4 Å². The van der Waals surface area contributed by atoms with E-state index in [-0.39, 0.29) is 24.3 Å². The van der Waals surface area contributed by atoms with E-state index in [1.54, 1.807) is 7.11 Å². The molecule has 2 amide bonds. The summed E-state index contributed by atoms with van der Waals surface area (Å²) in [6.45, 7) is 3.43. The Balaban J connectivity index is 2.08. The maximum Gasteiger partial charge on any atom is 0.226 e. The predicted octanol–water partition coefficient (Wildman–Crippen LogP) is 3.21. The van der Waals surface area contributed by atoms with Crippen molar-refractivity contribution in [1.82, 2.24) is 5.32 Å². The molecule has 0 radical (unpaired) electrons. The molecule has 126 valence electrons. The van der Waals surface area contributed by atoms with Crippen molar-refractivity contribution >= 4 is 17.5 Å². The predicted molar refractivity (Wildman–Crippen MR) is 94.0 cm³/mol. The Labute approximate surface area is 142 Å². The molecule has 2 aromatic rings. The van der Waals surface area contributed by atoms with Crippen LogP contribution in [0.2, 0.25) is 0 Å². The third kappa shape index (κ3) is 5.12. The van der Waals surface area contributed by atoms with Gasteiger partial charge >= 0.3 is 0 Å². The SMILES string of the molecule is COc1ccc(C(CC(=O)Nc2ccc(C)cc2)NC(C)=O)cc1. The van der Waals surface area contributed by atoms with E-state index in [9.17, 15) is 9.59 Å². The van der Waals surface area contributed by atoms with Crippen molar-refractivity contribution in [2.45, 2.75) is 26.3 Å². The normalized spacial score (nSPS) is 11.5. The van der Waals surface area contributed by atoms with Gasteiger partial charge in [-0.15, -0.1) is 0 Å². The summed E-state index contributed by atoms with van der Waals surface area (Å²) in [5.41, 5.74) is 2.72. The molecular weight excluding hydrogens is 304 g/mol. The number of rotatable bonds is 6. The zero-order valence-electron chi connectivity index (χ0n) is 14.1. The van der Waals surface area contributed by atoms with Crippen LogP contribution in [0, 0.1) is 6.92 Å². The molecule has 0 fully saturated rings. The zero-order valence-corrected chi connectivity index (χ0v) is 14.1. The Kier molecular flexibility index (Phi) is 5.95. The Bertz CT molecular complexity index is 694. The molecule has 5 nitrogen and oxygen atoms in total. The van der Waals surface area contributed by atoms with Crippen molar-refractivity contribution < 1.29 is 14.3 Å². The molecular formula is C19H22N2O3. The molecule has 0 aromatic heterocycles. The Morgan fingerprint density at radius 2 is 1.67 bits per heavy atom. The molecule has 0 aliphatic rings. The number of aryl methyl sites for hydroxylation is 1. The van der Waals surface area contributed by atoms with Crippen LogP contribution in [0.3, 0.4) is 0 Å². The lowest BCUT2D eigenvalue weighted by Crippen LogP contribution is -2.29.